The van der Waals surface area contributed by atoms with E-state index in [1.165, 1.54) is 23.9 Å². The Labute approximate surface area is 224 Å². The van der Waals surface area contributed by atoms with Gasteiger partial charge in [-0.15, -0.1) is 11.8 Å². The molecule has 0 spiro atoms. The van der Waals surface area contributed by atoms with Crippen molar-refractivity contribution in [1.29, 1.82) is 0 Å². The zero-order valence-electron chi connectivity index (χ0n) is 21.0. The molecule has 0 saturated carbocycles. The molecule has 2 rings (SSSR count). The van der Waals surface area contributed by atoms with E-state index < -0.39 is 23.7 Å². The SMILES string of the molecule is CCCCC(=O)O.Cc1ccc(Sc2cc(SCCC(CN)CC(=O)O)cc(CN)c2C(F)(F)F)cc1. The van der Waals surface area contributed by atoms with Gasteiger partial charge in [0.15, 0.2) is 0 Å². The van der Waals surface area contributed by atoms with E-state index >= 15 is 0 Å². The normalized spacial score (nSPS) is 12.0. The lowest BCUT2D eigenvalue weighted by atomic mass is 10.0. The van der Waals surface area contributed by atoms with Crippen molar-refractivity contribution in [3.8, 4) is 0 Å². The lowest BCUT2D eigenvalue weighted by Gasteiger charge is -2.19. The van der Waals surface area contributed by atoms with Crippen molar-refractivity contribution in [2.45, 2.75) is 73.4 Å². The number of nitrogens with two attached hydrogens (primary N) is 2. The van der Waals surface area contributed by atoms with Gasteiger partial charge in [-0.05, 0) is 67.8 Å². The first kappa shape index (κ1) is 32.8. The highest BCUT2D eigenvalue weighted by Gasteiger charge is 2.36. The second-order valence-electron chi connectivity index (χ2n) is 8.41. The van der Waals surface area contributed by atoms with Crippen LogP contribution in [0.2, 0.25) is 0 Å². The quantitative estimate of drug-likeness (QED) is 0.207. The molecule has 0 bridgehead atoms. The number of unbranched alkanes of at least 4 members (excludes halogenated alkanes) is 1. The summed E-state index contributed by atoms with van der Waals surface area (Å²) in [4.78, 5) is 22.1. The summed E-state index contributed by atoms with van der Waals surface area (Å²) in [5, 5.41) is 17.0. The lowest BCUT2D eigenvalue weighted by molar-refractivity contribution is -0.140. The zero-order valence-corrected chi connectivity index (χ0v) is 22.6. The topological polar surface area (TPSA) is 127 Å². The number of carbonyl (C=O) groups is 2. The largest absolute Gasteiger partial charge is 0.481 e. The minimum atomic E-state index is -4.52. The Bertz CT molecular complexity index is 1000. The first-order valence-electron chi connectivity index (χ1n) is 11.9. The fraction of sp³-hybridized carbons (Fsp3) is 0.462. The molecule has 0 aliphatic heterocycles. The Kier molecular flexibility index (Phi) is 14.7. The van der Waals surface area contributed by atoms with E-state index in [1.807, 2.05) is 26.0 Å². The summed E-state index contributed by atoms with van der Waals surface area (Å²) in [6, 6.07) is 10.3. The van der Waals surface area contributed by atoms with Crippen LogP contribution in [-0.2, 0) is 22.3 Å². The van der Waals surface area contributed by atoms with Crippen LogP contribution in [0.15, 0.2) is 51.1 Å². The van der Waals surface area contributed by atoms with E-state index in [4.69, 9.17) is 21.7 Å². The summed E-state index contributed by atoms with van der Waals surface area (Å²) in [5.74, 6) is -1.21. The fourth-order valence-electron chi connectivity index (χ4n) is 3.25. The minimum Gasteiger partial charge on any atom is -0.481 e. The molecule has 37 heavy (non-hydrogen) atoms. The molecule has 206 valence electrons. The first-order valence-corrected chi connectivity index (χ1v) is 13.7. The van der Waals surface area contributed by atoms with Crippen molar-refractivity contribution in [3.63, 3.8) is 0 Å². The third kappa shape index (κ3) is 12.7. The third-order valence-corrected chi connectivity index (χ3v) is 7.30. The Hall–Kier alpha value is -2.21. The molecule has 1 unspecified atom stereocenters. The van der Waals surface area contributed by atoms with E-state index in [0.29, 0.717) is 28.4 Å². The summed E-state index contributed by atoms with van der Waals surface area (Å²) in [5.41, 5.74) is 11.6. The van der Waals surface area contributed by atoms with Gasteiger partial charge in [0.1, 0.15) is 0 Å². The summed E-state index contributed by atoms with van der Waals surface area (Å²) in [6.07, 6.45) is -1.89. The minimum absolute atomic E-state index is 0.0212. The molecule has 0 heterocycles. The van der Waals surface area contributed by atoms with E-state index in [2.05, 4.69) is 0 Å². The summed E-state index contributed by atoms with van der Waals surface area (Å²) in [6.45, 7) is 3.92. The van der Waals surface area contributed by atoms with Gasteiger partial charge in [-0.2, -0.15) is 13.2 Å². The number of carboxylic acid groups (broad SMARTS) is 2. The average Bonchev–Trinajstić information content (AvgIpc) is 2.82. The number of thioether (sulfide) groups is 1. The second kappa shape index (κ2) is 16.6. The van der Waals surface area contributed by atoms with Gasteiger partial charge in [0.2, 0.25) is 0 Å². The number of carboxylic acids is 2. The Balaban J connectivity index is 0.000000856. The highest BCUT2D eigenvalue weighted by Crippen LogP contribution is 2.43. The van der Waals surface area contributed by atoms with Crippen LogP contribution >= 0.6 is 23.5 Å². The van der Waals surface area contributed by atoms with Gasteiger partial charge >= 0.3 is 18.1 Å². The molecule has 0 fully saturated rings. The molecule has 0 radical (unpaired) electrons. The van der Waals surface area contributed by atoms with Crippen molar-refractivity contribution >= 4 is 35.5 Å². The average molecular weight is 561 g/mol. The van der Waals surface area contributed by atoms with Crippen molar-refractivity contribution in [3.05, 3.63) is 53.1 Å². The number of aliphatic carboxylic acids is 2. The highest BCUT2D eigenvalue weighted by atomic mass is 32.2. The molecule has 1 atom stereocenters. The predicted molar refractivity (Wildman–Crippen MR) is 142 cm³/mol. The summed E-state index contributed by atoms with van der Waals surface area (Å²) in [7, 11) is 0. The maximum atomic E-state index is 13.8. The van der Waals surface area contributed by atoms with Crippen LogP contribution in [0.4, 0.5) is 13.2 Å². The van der Waals surface area contributed by atoms with E-state index in [0.717, 1.165) is 30.2 Å². The number of rotatable bonds is 13. The molecule has 2 aromatic rings. The predicted octanol–water partition coefficient (Wildman–Crippen LogP) is 6.42. The number of hydrogen-bond donors (Lipinski definition) is 4. The molecule has 0 amide bonds. The van der Waals surface area contributed by atoms with Crippen LogP contribution in [0, 0.1) is 12.8 Å². The molecule has 0 saturated heterocycles. The monoisotopic (exact) mass is 560 g/mol. The Morgan fingerprint density at radius 3 is 2.14 bits per heavy atom. The Morgan fingerprint density at radius 2 is 1.68 bits per heavy atom. The number of halogens is 3. The molecule has 0 aromatic heterocycles. The van der Waals surface area contributed by atoms with Crippen molar-refractivity contribution < 1.29 is 33.0 Å². The molecule has 6 N–H and O–H groups in total. The van der Waals surface area contributed by atoms with Gasteiger partial charge in [-0.3, -0.25) is 9.59 Å². The molecular weight excluding hydrogens is 525 g/mol. The zero-order chi connectivity index (χ0) is 28.0. The van der Waals surface area contributed by atoms with Crippen LogP contribution < -0.4 is 11.5 Å². The van der Waals surface area contributed by atoms with Crippen LogP contribution in [0.3, 0.4) is 0 Å². The van der Waals surface area contributed by atoms with Gasteiger partial charge in [-0.1, -0.05) is 42.8 Å². The summed E-state index contributed by atoms with van der Waals surface area (Å²) < 4.78 is 41.3. The Morgan fingerprint density at radius 1 is 1.03 bits per heavy atom. The lowest BCUT2D eigenvalue weighted by Crippen LogP contribution is -2.18. The molecule has 0 aliphatic carbocycles. The van der Waals surface area contributed by atoms with Crippen molar-refractivity contribution in [2.75, 3.05) is 12.3 Å². The van der Waals surface area contributed by atoms with Crippen LogP contribution in [-0.4, -0.2) is 34.4 Å². The smallest absolute Gasteiger partial charge is 0.417 e. The molecule has 11 heteroatoms. The maximum absolute atomic E-state index is 13.8. The van der Waals surface area contributed by atoms with E-state index in [-0.39, 0.29) is 35.9 Å². The van der Waals surface area contributed by atoms with E-state index in [9.17, 15) is 22.8 Å². The number of alkyl halides is 3. The first-order chi connectivity index (χ1) is 17.4. The molecule has 0 aliphatic rings. The van der Waals surface area contributed by atoms with Crippen LogP contribution in [0.1, 0.15) is 55.7 Å². The van der Waals surface area contributed by atoms with Crippen molar-refractivity contribution in [2.24, 2.45) is 17.4 Å². The highest BCUT2D eigenvalue weighted by molar-refractivity contribution is 8.00. The van der Waals surface area contributed by atoms with Crippen molar-refractivity contribution in [1.82, 2.24) is 0 Å². The third-order valence-electron chi connectivity index (χ3n) is 5.25. The second-order valence-corrected chi connectivity index (χ2v) is 10.7. The number of aryl methyl sites for hydroxylation is 1. The fourth-order valence-corrected chi connectivity index (χ4v) is 5.50. The molecule has 6 nitrogen and oxygen atoms in total. The standard InChI is InChI=1S/C21H25F3N2O2S2.C5H10O2/c1-13-2-4-16(5-3-13)30-18-10-17(9-15(12-26)20(18)21(22,23)24)29-7-6-14(11-25)8-19(27)28;1-2-3-4-5(6)7/h2-5,9-10,14H,6-8,11-12,25-26H2,1H3,(H,27,28);2-4H2,1H3,(H,6,7). The van der Waals surface area contributed by atoms with Crippen LogP contribution in [0.5, 0.6) is 0 Å². The van der Waals surface area contributed by atoms with Gasteiger partial charge in [-0.25, -0.2) is 0 Å². The van der Waals surface area contributed by atoms with Gasteiger partial charge in [0, 0.05) is 34.1 Å². The van der Waals surface area contributed by atoms with Crippen LogP contribution in [0.25, 0.3) is 0 Å². The maximum Gasteiger partial charge on any atom is 0.417 e. The summed E-state index contributed by atoms with van der Waals surface area (Å²) >= 11 is 2.44. The number of benzene rings is 2. The van der Waals surface area contributed by atoms with Gasteiger partial charge in [0.25, 0.3) is 0 Å². The number of hydrogen-bond acceptors (Lipinski definition) is 6. The van der Waals surface area contributed by atoms with Gasteiger partial charge < -0.3 is 21.7 Å². The van der Waals surface area contributed by atoms with Gasteiger partial charge in [0.05, 0.1) is 5.56 Å². The van der Waals surface area contributed by atoms with E-state index in [1.54, 1.807) is 12.1 Å². The molecule has 2 aromatic carbocycles. The molecular formula is C26H35F3N2O4S2.